The van der Waals surface area contributed by atoms with E-state index in [9.17, 15) is 9.59 Å². The first kappa shape index (κ1) is 21.1. The topological polar surface area (TPSA) is 65.0 Å². The Balaban J connectivity index is 1.49. The Morgan fingerprint density at radius 2 is 1.61 bits per heavy atom. The van der Waals surface area contributed by atoms with Gasteiger partial charge in [-0.3, -0.25) is 0 Å². The number of aliphatic imine (C=N–C) groups is 1. The lowest BCUT2D eigenvalue weighted by atomic mass is 10.2. The number of esters is 2. The van der Waals surface area contributed by atoms with Crippen molar-refractivity contribution in [3.8, 4) is 5.75 Å². The molecule has 1 heterocycles. The van der Waals surface area contributed by atoms with E-state index in [0.717, 1.165) is 0 Å². The minimum absolute atomic E-state index is 0.131. The van der Waals surface area contributed by atoms with Gasteiger partial charge >= 0.3 is 11.9 Å². The highest BCUT2D eigenvalue weighted by atomic mass is 35.5. The summed E-state index contributed by atoms with van der Waals surface area (Å²) in [4.78, 5) is 28.6. The summed E-state index contributed by atoms with van der Waals surface area (Å²) in [5.74, 6) is -0.586. The van der Waals surface area contributed by atoms with Gasteiger partial charge in [-0.05, 0) is 66.2 Å². The lowest BCUT2D eigenvalue weighted by Crippen LogP contribution is -2.08. The first-order valence-electron chi connectivity index (χ1n) is 8.95. The molecule has 1 aliphatic rings. The van der Waals surface area contributed by atoms with Crippen LogP contribution in [-0.4, -0.2) is 17.8 Å². The predicted molar refractivity (Wildman–Crippen MR) is 120 cm³/mol. The van der Waals surface area contributed by atoms with Crippen LogP contribution in [0.3, 0.4) is 0 Å². The van der Waals surface area contributed by atoms with Crippen molar-refractivity contribution in [1.82, 2.24) is 0 Å². The van der Waals surface area contributed by atoms with Gasteiger partial charge in [0.1, 0.15) is 5.75 Å². The Hall–Kier alpha value is -3.12. The fourth-order valence-electron chi connectivity index (χ4n) is 2.70. The van der Waals surface area contributed by atoms with E-state index in [1.54, 1.807) is 72.8 Å². The largest absolute Gasteiger partial charge is 0.423 e. The molecule has 3 aromatic rings. The average Bonchev–Trinajstić information content (AvgIpc) is 3.12. The van der Waals surface area contributed by atoms with E-state index in [2.05, 4.69) is 4.99 Å². The first-order valence-corrected chi connectivity index (χ1v) is 10.1. The van der Waals surface area contributed by atoms with Crippen LogP contribution in [0.25, 0.3) is 6.08 Å². The molecule has 5 nitrogen and oxygen atoms in total. The van der Waals surface area contributed by atoms with E-state index in [4.69, 9.17) is 44.3 Å². The second-order valence-electron chi connectivity index (χ2n) is 6.43. The van der Waals surface area contributed by atoms with Gasteiger partial charge in [0.2, 0.25) is 5.90 Å². The average molecular weight is 473 g/mol. The highest BCUT2D eigenvalue weighted by molar-refractivity contribution is 6.42. The number of ether oxygens (including phenoxy) is 2. The van der Waals surface area contributed by atoms with Crippen LogP contribution in [0.1, 0.15) is 21.5 Å². The molecule has 0 amide bonds. The minimum Gasteiger partial charge on any atom is -0.423 e. The van der Waals surface area contributed by atoms with Crippen LogP contribution >= 0.6 is 34.8 Å². The molecule has 0 N–H and O–H groups in total. The van der Waals surface area contributed by atoms with E-state index in [1.807, 2.05) is 0 Å². The standard InChI is InChI=1S/C23H12Cl3NO4/c24-16-6-3-14(4-7-16)22(28)30-17-8-1-13(2-9-17)11-20-23(29)31-21(27-20)15-5-10-18(25)19(26)12-15/h1-12H/b20-11-. The molecule has 3 aromatic carbocycles. The van der Waals surface area contributed by atoms with Crippen molar-refractivity contribution in [2.75, 3.05) is 0 Å². The molecule has 0 aromatic heterocycles. The smallest absolute Gasteiger partial charge is 0.363 e. The molecule has 0 spiro atoms. The van der Waals surface area contributed by atoms with Gasteiger partial charge in [0, 0.05) is 10.6 Å². The molecule has 1 aliphatic heterocycles. The molecule has 31 heavy (non-hydrogen) atoms. The van der Waals surface area contributed by atoms with E-state index in [-0.39, 0.29) is 11.6 Å². The van der Waals surface area contributed by atoms with Crippen molar-refractivity contribution in [1.29, 1.82) is 0 Å². The summed E-state index contributed by atoms with van der Waals surface area (Å²) in [6.45, 7) is 0. The van der Waals surface area contributed by atoms with Crippen molar-refractivity contribution in [2.45, 2.75) is 0 Å². The number of nitrogens with zero attached hydrogens (tertiary/aromatic N) is 1. The molecular weight excluding hydrogens is 461 g/mol. The number of cyclic esters (lactones) is 1. The Morgan fingerprint density at radius 3 is 2.29 bits per heavy atom. The Morgan fingerprint density at radius 1 is 0.903 bits per heavy atom. The third kappa shape index (κ3) is 4.97. The van der Waals surface area contributed by atoms with Crippen molar-refractivity contribution in [2.24, 2.45) is 4.99 Å². The molecule has 8 heteroatoms. The molecule has 0 bridgehead atoms. The van der Waals surface area contributed by atoms with Crippen LogP contribution in [0.15, 0.2) is 77.4 Å². The van der Waals surface area contributed by atoms with Crippen molar-refractivity contribution in [3.05, 3.63) is 104 Å². The van der Waals surface area contributed by atoms with Gasteiger partial charge in [0.25, 0.3) is 0 Å². The van der Waals surface area contributed by atoms with Crippen LogP contribution in [0.2, 0.25) is 15.1 Å². The number of hydrogen-bond donors (Lipinski definition) is 0. The Kier molecular flexibility index (Phi) is 6.09. The Labute approximate surface area is 192 Å². The summed E-state index contributed by atoms with van der Waals surface area (Å²) >= 11 is 17.7. The maximum absolute atomic E-state index is 12.2. The number of carbonyl (C=O) groups excluding carboxylic acids is 2. The molecule has 0 unspecified atom stereocenters. The first-order chi connectivity index (χ1) is 14.9. The van der Waals surface area contributed by atoms with Crippen LogP contribution in [0, 0.1) is 0 Å². The molecular formula is C23H12Cl3NO4. The normalized spacial score (nSPS) is 14.4. The summed E-state index contributed by atoms with van der Waals surface area (Å²) in [7, 11) is 0. The number of rotatable bonds is 4. The van der Waals surface area contributed by atoms with Crippen LogP contribution in [0.4, 0.5) is 0 Å². The zero-order valence-electron chi connectivity index (χ0n) is 15.6. The molecule has 154 valence electrons. The van der Waals surface area contributed by atoms with Gasteiger partial charge in [-0.25, -0.2) is 14.6 Å². The monoisotopic (exact) mass is 471 g/mol. The summed E-state index contributed by atoms with van der Waals surface area (Å²) in [5.41, 5.74) is 1.73. The lowest BCUT2D eigenvalue weighted by Gasteiger charge is -2.05. The fourth-order valence-corrected chi connectivity index (χ4v) is 3.13. The summed E-state index contributed by atoms with van der Waals surface area (Å²) in [5, 5.41) is 1.26. The molecule has 0 saturated heterocycles. The van der Waals surface area contributed by atoms with Crippen molar-refractivity contribution >= 4 is 58.7 Å². The molecule has 0 saturated carbocycles. The van der Waals surface area contributed by atoms with Gasteiger partial charge in [-0.2, -0.15) is 0 Å². The summed E-state index contributed by atoms with van der Waals surface area (Å²) < 4.78 is 10.6. The number of halogens is 3. The van der Waals surface area contributed by atoms with E-state index >= 15 is 0 Å². The van der Waals surface area contributed by atoms with Crippen LogP contribution < -0.4 is 4.74 Å². The molecule has 0 aliphatic carbocycles. The van der Waals surface area contributed by atoms with Gasteiger partial charge in [0.15, 0.2) is 5.70 Å². The van der Waals surface area contributed by atoms with Crippen molar-refractivity contribution < 1.29 is 19.1 Å². The zero-order valence-corrected chi connectivity index (χ0v) is 17.9. The maximum atomic E-state index is 12.2. The lowest BCUT2D eigenvalue weighted by molar-refractivity contribution is -0.129. The van der Waals surface area contributed by atoms with Crippen molar-refractivity contribution in [3.63, 3.8) is 0 Å². The highest BCUT2D eigenvalue weighted by Crippen LogP contribution is 2.26. The molecule has 0 atom stereocenters. The van der Waals surface area contributed by atoms with E-state index < -0.39 is 11.9 Å². The number of benzene rings is 3. The Bertz CT molecular complexity index is 1230. The second-order valence-corrected chi connectivity index (χ2v) is 7.68. The van der Waals surface area contributed by atoms with Gasteiger partial charge in [0.05, 0.1) is 15.6 Å². The third-order valence-corrected chi connectivity index (χ3v) is 5.25. The van der Waals surface area contributed by atoms with Gasteiger partial charge in [-0.1, -0.05) is 46.9 Å². The molecule has 4 rings (SSSR count). The predicted octanol–water partition coefficient (Wildman–Crippen LogP) is 6.21. The quantitative estimate of drug-likeness (QED) is 0.257. The third-order valence-electron chi connectivity index (χ3n) is 4.26. The van der Waals surface area contributed by atoms with Crippen LogP contribution in [0.5, 0.6) is 5.75 Å². The summed E-state index contributed by atoms with van der Waals surface area (Å²) in [6, 6.07) is 17.8. The van der Waals surface area contributed by atoms with E-state index in [0.29, 0.717) is 37.5 Å². The van der Waals surface area contributed by atoms with E-state index in [1.165, 1.54) is 0 Å². The zero-order chi connectivity index (χ0) is 22.0. The molecule has 0 radical (unpaired) electrons. The highest BCUT2D eigenvalue weighted by Gasteiger charge is 2.24. The summed E-state index contributed by atoms with van der Waals surface area (Å²) in [6.07, 6.45) is 1.57. The SMILES string of the molecule is O=C1OC(c2ccc(Cl)c(Cl)c2)=N/C1=C\c1ccc(OC(=O)c2ccc(Cl)cc2)cc1. The maximum Gasteiger partial charge on any atom is 0.363 e. The fraction of sp³-hybridized carbons (Fsp3) is 0. The second kappa shape index (κ2) is 8.94. The molecule has 0 fully saturated rings. The van der Waals surface area contributed by atoms with Gasteiger partial charge < -0.3 is 9.47 Å². The number of hydrogen-bond acceptors (Lipinski definition) is 5. The number of carbonyl (C=O) groups is 2. The van der Waals surface area contributed by atoms with Crippen LogP contribution in [-0.2, 0) is 9.53 Å². The minimum atomic E-state index is -0.584. The van der Waals surface area contributed by atoms with Gasteiger partial charge in [-0.15, -0.1) is 0 Å².